The van der Waals surface area contributed by atoms with Crippen molar-refractivity contribution in [2.75, 3.05) is 18.4 Å². The summed E-state index contributed by atoms with van der Waals surface area (Å²) in [7, 11) is -3.76. The van der Waals surface area contributed by atoms with Crippen LogP contribution in [0.15, 0.2) is 27.6 Å². The van der Waals surface area contributed by atoms with Gasteiger partial charge in [-0.3, -0.25) is 4.79 Å². The van der Waals surface area contributed by atoms with Gasteiger partial charge < -0.3 is 9.84 Å². The van der Waals surface area contributed by atoms with Crippen molar-refractivity contribution in [3.8, 4) is 10.7 Å². The number of thiophene rings is 1. The summed E-state index contributed by atoms with van der Waals surface area (Å²) in [4.78, 5) is 18.8. The van der Waals surface area contributed by atoms with Gasteiger partial charge in [0, 0.05) is 30.6 Å². The molecule has 2 aromatic heterocycles. The maximum absolute atomic E-state index is 13.5. The van der Waals surface area contributed by atoms with E-state index in [2.05, 4.69) is 15.5 Å². The van der Waals surface area contributed by atoms with E-state index in [1.54, 1.807) is 19.9 Å². The molecule has 1 saturated heterocycles. The Kier molecular flexibility index (Phi) is 6.43. The topological polar surface area (TPSA) is 105 Å². The first-order valence-electron chi connectivity index (χ1n) is 10.9. The lowest BCUT2D eigenvalue weighted by atomic mass is 9.98. The number of carbonyl (C=O) groups excluding carboxylic acids is 1. The third-order valence-corrected chi connectivity index (χ3v) is 9.09. The molecule has 1 N–H and O–H groups in total. The minimum atomic E-state index is -3.76. The molecule has 3 aromatic rings. The first kappa shape index (κ1) is 23.6. The lowest BCUT2D eigenvalue weighted by Gasteiger charge is -2.31. The van der Waals surface area contributed by atoms with Crippen LogP contribution >= 0.6 is 11.3 Å². The molecule has 4 rings (SSSR count). The first-order valence-corrected chi connectivity index (χ1v) is 13.1. The summed E-state index contributed by atoms with van der Waals surface area (Å²) in [5.41, 5.74) is 3.94. The fraction of sp³-hybridized carbons (Fsp3) is 0.435. The van der Waals surface area contributed by atoms with Crippen LogP contribution in [0.1, 0.15) is 40.3 Å². The van der Waals surface area contributed by atoms with Gasteiger partial charge >= 0.3 is 0 Å². The molecule has 0 radical (unpaired) electrons. The van der Waals surface area contributed by atoms with Crippen molar-refractivity contribution < 1.29 is 17.7 Å². The average Bonchev–Trinajstić information content (AvgIpc) is 3.36. The zero-order valence-corrected chi connectivity index (χ0v) is 21.1. The Balaban J connectivity index is 1.53. The smallest absolute Gasteiger partial charge is 0.244 e. The molecule has 1 amide bonds. The average molecular weight is 489 g/mol. The largest absolute Gasteiger partial charge is 0.339 e. The van der Waals surface area contributed by atoms with Crippen LogP contribution in [-0.4, -0.2) is 41.9 Å². The van der Waals surface area contributed by atoms with Crippen LogP contribution in [0, 0.1) is 40.5 Å². The molecule has 1 aliphatic rings. The summed E-state index contributed by atoms with van der Waals surface area (Å²) in [6.07, 6.45) is 1.28. The molecule has 0 saturated carbocycles. The number of aromatic nitrogens is 2. The third-order valence-electron chi connectivity index (χ3n) is 5.92. The van der Waals surface area contributed by atoms with Gasteiger partial charge in [0.2, 0.25) is 27.6 Å². The molecule has 1 aromatic carbocycles. The van der Waals surface area contributed by atoms with Crippen molar-refractivity contribution in [2.24, 2.45) is 5.92 Å². The zero-order chi connectivity index (χ0) is 23.9. The van der Waals surface area contributed by atoms with E-state index in [0.29, 0.717) is 40.9 Å². The van der Waals surface area contributed by atoms with E-state index in [1.807, 2.05) is 32.9 Å². The predicted molar refractivity (Wildman–Crippen MR) is 128 cm³/mol. The minimum Gasteiger partial charge on any atom is -0.339 e. The highest BCUT2D eigenvalue weighted by Crippen LogP contribution is 2.35. The number of anilines is 1. The Hall–Kier alpha value is -2.56. The molecular formula is C23H28N4O4S2. The van der Waals surface area contributed by atoms with Crippen LogP contribution in [-0.2, 0) is 14.8 Å². The van der Waals surface area contributed by atoms with Crippen molar-refractivity contribution in [3.05, 3.63) is 45.7 Å². The maximum Gasteiger partial charge on any atom is 0.244 e. The maximum atomic E-state index is 13.5. The van der Waals surface area contributed by atoms with Crippen LogP contribution < -0.4 is 5.32 Å². The lowest BCUT2D eigenvalue weighted by molar-refractivity contribution is -0.120. The van der Waals surface area contributed by atoms with E-state index in [-0.39, 0.29) is 17.3 Å². The molecule has 33 heavy (non-hydrogen) atoms. The second-order valence-corrected chi connectivity index (χ2v) is 11.8. The molecule has 1 atom stereocenters. The summed E-state index contributed by atoms with van der Waals surface area (Å²) >= 11 is 1.31. The number of amides is 1. The fourth-order valence-electron chi connectivity index (χ4n) is 4.35. The molecule has 3 heterocycles. The molecule has 10 heteroatoms. The van der Waals surface area contributed by atoms with Crippen LogP contribution in [0.3, 0.4) is 0 Å². The molecule has 0 unspecified atom stereocenters. The number of sulfonamides is 1. The number of nitrogens with zero attached hydrogens (tertiary/aromatic N) is 3. The Bertz CT molecular complexity index is 1290. The number of benzene rings is 1. The van der Waals surface area contributed by atoms with Crippen LogP contribution in [0.5, 0.6) is 0 Å². The number of hydrogen-bond donors (Lipinski definition) is 1. The minimum absolute atomic E-state index is 0.144. The molecule has 1 fully saturated rings. The van der Waals surface area contributed by atoms with Crippen molar-refractivity contribution >= 4 is 33.0 Å². The normalized spacial score (nSPS) is 17.3. The van der Waals surface area contributed by atoms with E-state index in [4.69, 9.17) is 4.52 Å². The molecular weight excluding hydrogens is 460 g/mol. The van der Waals surface area contributed by atoms with Crippen LogP contribution in [0.25, 0.3) is 10.7 Å². The Morgan fingerprint density at radius 2 is 1.85 bits per heavy atom. The van der Waals surface area contributed by atoms with E-state index < -0.39 is 15.9 Å². The van der Waals surface area contributed by atoms with E-state index in [0.717, 1.165) is 22.4 Å². The Morgan fingerprint density at radius 1 is 1.15 bits per heavy atom. The van der Waals surface area contributed by atoms with Crippen molar-refractivity contribution in [1.29, 1.82) is 0 Å². The highest BCUT2D eigenvalue weighted by Gasteiger charge is 2.35. The number of rotatable bonds is 5. The highest BCUT2D eigenvalue weighted by molar-refractivity contribution is 7.89. The monoisotopic (exact) mass is 488 g/mol. The SMILES string of the molecule is Cc1cc(C)c(NC(=O)[C@H]2CCCN(S(=O)(=O)c3cc(-c4noc(C)n4)sc3C)C2)c(C)c1. The highest BCUT2D eigenvalue weighted by atomic mass is 32.2. The number of nitrogens with one attached hydrogen (secondary N) is 1. The van der Waals surface area contributed by atoms with Crippen LogP contribution in [0.4, 0.5) is 5.69 Å². The summed E-state index contributed by atoms with van der Waals surface area (Å²) in [5.74, 6) is 0.244. The third kappa shape index (κ3) is 4.73. The molecule has 0 bridgehead atoms. The number of carbonyl (C=O) groups is 1. The second kappa shape index (κ2) is 9.00. The molecule has 8 nitrogen and oxygen atoms in total. The van der Waals surface area contributed by atoms with Gasteiger partial charge in [0.25, 0.3) is 0 Å². The van der Waals surface area contributed by atoms with E-state index in [1.165, 1.54) is 15.6 Å². The number of aryl methyl sites for hydroxylation is 5. The second-order valence-electron chi connectivity index (χ2n) is 8.63. The fourth-order valence-corrected chi connectivity index (χ4v) is 7.36. The van der Waals surface area contributed by atoms with Gasteiger partial charge in [-0.05, 0) is 57.7 Å². The Labute approximate surface area is 198 Å². The number of hydrogen-bond acceptors (Lipinski definition) is 7. The van der Waals surface area contributed by atoms with Crippen LogP contribution in [0.2, 0.25) is 0 Å². The van der Waals surface area contributed by atoms with Gasteiger partial charge in [-0.2, -0.15) is 9.29 Å². The van der Waals surface area contributed by atoms with E-state index >= 15 is 0 Å². The van der Waals surface area contributed by atoms with Gasteiger partial charge in [0.1, 0.15) is 0 Å². The summed E-state index contributed by atoms with van der Waals surface area (Å²) in [5, 5.41) is 6.93. The standard InChI is InChI=1S/C23H28N4O4S2/c1-13-9-14(2)21(15(3)10-13)25-23(28)18-7-6-8-27(12-18)33(29,30)20-11-19(32-16(20)4)22-24-17(5)31-26-22/h9-11,18H,6-8,12H2,1-5H3,(H,25,28)/t18-/m0/s1. The van der Waals surface area contributed by atoms with Gasteiger partial charge in [-0.25, -0.2) is 8.42 Å². The molecule has 0 spiro atoms. The quantitative estimate of drug-likeness (QED) is 0.571. The summed E-state index contributed by atoms with van der Waals surface area (Å²) in [6, 6.07) is 5.66. The summed E-state index contributed by atoms with van der Waals surface area (Å²) in [6.45, 7) is 9.96. The van der Waals surface area contributed by atoms with Gasteiger partial charge in [-0.15, -0.1) is 11.3 Å². The van der Waals surface area contributed by atoms with Crippen molar-refractivity contribution in [1.82, 2.24) is 14.4 Å². The summed E-state index contributed by atoms with van der Waals surface area (Å²) < 4.78 is 33.4. The van der Waals surface area contributed by atoms with Gasteiger partial charge in [0.15, 0.2) is 0 Å². The molecule has 0 aliphatic carbocycles. The van der Waals surface area contributed by atoms with Gasteiger partial charge in [-0.1, -0.05) is 22.9 Å². The number of piperidine rings is 1. The Morgan fingerprint density at radius 3 is 2.48 bits per heavy atom. The van der Waals surface area contributed by atoms with Gasteiger partial charge in [0.05, 0.1) is 15.7 Å². The molecule has 1 aliphatic heterocycles. The first-order chi connectivity index (χ1) is 15.6. The van der Waals surface area contributed by atoms with Crippen molar-refractivity contribution in [2.45, 2.75) is 52.4 Å². The lowest BCUT2D eigenvalue weighted by Crippen LogP contribution is -2.43. The zero-order valence-electron chi connectivity index (χ0n) is 19.4. The van der Waals surface area contributed by atoms with Crippen molar-refractivity contribution in [3.63, 3.8) is 0 Å². The predicted octanol–water partition coefficient (Wildman–Crippen LogP) is 4.38. The molecule has 176 valence electrons. The van der Waals surface area contributed by atoms with E-state index in [9.17, 15) is 13.2 Å².